The SMILES string of the molecule is CC(C)(C)C(=O)C1CCCC(C(F)(F)F)C1. The topological polar surface area (TPSA) is 17.1 Å². The largest absolute Gasteiger partial charge is 0.391 e. The van der Waals surface area contributed by atoms with Crippen molar-refractivity contribution in [1.82, 2.24) is 0 Å². The summed E-state index contributed by atoms with van der Waals surface area (Å²) < 4.78 is 37.7. The Morgan fingerprint density at radius 3 is 2.12 bits per heavy atom. The summed E-state index contributed by atoms with van der Waals surface area (Å²) in [6, 6.07) is 0. The Balaban J connectivity index is 2.68. The second kappa shape index (κ2) is 4.38. The van der Waals surface area contributed by atoms with Crippen LogP contribution in [0, 0.1) is 17.3 Å². The maximum absolute atomic E-state index is 12.6. The fourth-order valence-corrected chi connectivity index (χ4v) is 2.34. The van der Waals surface area contributed by atoms with Gasteiger partial charge in [-0.2, -0.15) is 13.2 Å². The van der Waals surface area contributed by atoms with Gasteiger partial charge in [-0.1, -0.05) is 27.2 Å². The number of alkyl halides is 3. The molecule has 0 aromatic heterocycles. The van der Waals surface area contributed by atoms with Gasteiger partial charge in [0.25, 0.3) is 0 Å². The zero-order valence-corrected chi connectivity index (χ0v) is 10.0. The summed E-state index contributed by atoms with van der Waals surface area (Å²) in [7, 11) is 0. The minimum atomic E-state index is -4.14. The summed E-state index contributed by atoms with van der Waals surface area (Å²) in [6.45, 7) is 5.31. The summed E-state index contributed by atoms with van der Waals surface area (Å²) >= 11 is 0. The van der Waals surface area contributed by atoms with Crippen molar-refractivity contribution in [2.24, 2.45) is 17.3 Å². The van der Waals surface area contributed by atoms with Gasteiger partial charge in [-0.25, -0.2) is 0 Å². The van der Waals surface area contributed by atoms with Crippen molar-refractivity contribution in [3.05, 3.63) is 0 Å². The minimum Gasteiger partial charge on any atom is -0.299 e. The van der Waals surface area contributed by atoms with Crippen LogP contribution >= 0.6 is 0 Å². The molecule has 1 aliphatic carbocycles. The number of hydrogen-bond acceptors (Lipinski definition) is 1. The monoisotopic (exact) mass is 236 g/mol. The summed E-state index contributed by atoms with van der Waals surface area (Å²) in [5.41, 5.74) is -0.530. The highest BCUT2D eigenvalue weighted by atomic mass is 19.4. The van der Waals surface area contributed by atoms with Gasteiger partial charge in [0.15, 0.2) is 0 Å². The molecule has 0 spiro atoms. The van der Waals surface area contributed by atoms with E-state index in [1.54, 1.807) is 20.8 Å². The van der Waals surface area contributed by atoms with Gasteiger partial charge < -0.3 is 0 Å². The molecule has 0 aliphatic heterocycles. The van der Waals surface area contributed by atoms with Crippen LogP contribution in [0.25, 0.3) is 0 Å². The van der Waals surface area contributed by atoms with Crippen LogP contribution in [0.5, 0.6) is 0 Å². The van der Waals surface area contributed by atoms with Gasteiger partial charge in [0, 0.05) is 11.3 Å². The zero-order chi connectivity index (χ0) is 12.6. The summed E-state index contributed by atoms with van der Waals surface area (Å²) in [4.78, 5) is 11.9. The molecule has 94 valence electrons. The second-order valence-electron chi connectivity index (χ2n) is 5.72. The first-order chi connectivity index (χ1) is 7.12. The molecule has 0 bridgehead atoms. The van der Waals surface area contributed by atoms with Crippen LogP contribution in [0.3, 0.4) is 0 Å². The Bertz CT molecular complexity index is 262. The van der Waals surface area contributed by atoms with E-state index in [2.05, 4.69) is 0 Å². The standard InChI is InChI=1S/C12H19F3O/c1-11(2,3)10(16)8-5-4-6-9(7-8)12(13,14)15/h8-9H,4-7H2,1-3H3. The first-order valence-electron chi connectivity index (χ1n) is 5.73. The molecule has 1 aliphatic rings. The Kier molecular flexibility index (Phi) is 3.70. The van der Waals surface area contributed by atoms with E-state index in [9.17, 15) is 18.0 Å². The maximum Gasteiger partial charge on any atom is 0.391 e. The van der Waals surface area contributed by atoms with Crippen molar-refractivity contribution in [2.75, 3.05) is 0 Å². The van der Waals surface area contributed by atoms with Crippen LogP contribution in [0.4, 0.5) is 13.2 Å². The van der Waals surface area contributed by atoms with Crippen LogP contribution in [-0.2, 0) is 4.79 Å². The third kappa shape index (κ3) is 3.22. The molecule has 1 fully saturated rings. The number of ketones is 1. The van der Waals surface area contributed by atoms with E-state index in [0.29, 0.717) is 12.8 Å². The van der Waals surface area contributed by atoms with Gasteiger partial charge >= 0.3 is 6.18 Å². The van der Waals surface area contributed by atoms with E-state index in [1.165, 1.54) is 0 Å². The molecule has 0 amide bonds. The number of Topliss-reactive ketones (excluding diaryl/α,β-unsaturated/α-hetero) is 1. The number of carbonyl (C=O) groups is 1. The van der Waals surface area contributed by atoms with Crippen LogP contribution in [0.2, 0.25) is 0 Å². The van der Waals surface area contributed by atoms with Crippen LogP contribution < -0.4 is 0 Å². The van der Waals surface area contributed by atoms with Crippen molar-refractivity contribution in [3.63, 3.8) is 0 Å². The normalized spacial score (nSPS) is 27.9. The molecule has 0 heterocycles. The minimum absolute atomic E-state index is 0.0143. The number of hydrogen-bond donors (Lipinski definition) is 0. The highest BCUT2D eigenvalue weighted by molar-refractivity contribution is 5.86. The summed E-state index contributed by atoms with van der Waals surface area (Å²) in [6.07, 6.45) is -2.85. The molecule has 16 heavy (non-hydrogen) atoms. The fourth-order valence-electron chi connectivity index (χ4n) is 2.34. The Morgan fingerprint density at radius 2 is 1.69 bits per heavy atom. The van der Waals surface area contributed by atoms with Gasteiger partial charge in [0.05, 0.1) is 5.92 Å². The summed E-state index contributed by atoms with van der Waals surface area (Å²) in [5.74, 6) is -1.71. The van der Waals surface area contributed by atoms with E-state index >= 15 is 0 Å². The first kappa shape index (κ1) is 13.5. The quantitative estimate of drug-likeness (QED) is 0.673. The number of carbonyl (C=O) groups excluding carboxylic acids is 1. The molecule has 2 atom stereocenters. The highest BCUT2D eigenvalue weighted by Crippen LogP contribution is 2.41. The Labute approximate surface area is 94.4 Å². The van der Waals surface area contributed by atoms with Gasteiger partial charge in [0.1, 0.15) is 5.78 Å². The highest BCUT2D eigenvalue weighted by Gasteiger charge is 2.44. The van der Waals surface area contributed by atoms with Crippen molar-refractivity contribution in [3.8, 4) is 0 Å². The molecule has 0 N–H and O–H groups in total. The maximum atomic E-state index is 12.6. The lowest BCUT2D eigenvalue weighted by Crippen LogP contribution is -2.36. The number of halogens is 3. The predicted molar refractivity (Wildman–Crippen MR) is 56.0 cm³/mol. The van der Waals surface area contributed by atoms with Crippen molar-refractivity contribution in [1.29, 1.82) is 0 Å². The molecule has 1 rings (SSSR count). The van der Waals surface area contributed by atoms with Crippen molar-refractivity contribution < 1.29 is 18.0 Å². The summed E-state index contributed by atoms with van der Waals surface area (Å²) in [5, 5.41) is 0. The Hall–Kier alpha value is -0.540. The van der Waals surface area contributed by atoms with E-state index in [1.807, 2.05) is 0 Å². The van der Waals surface area contributed by atoms with Crippen molar-refractivity contribution in [2.45, 2.75) is 52.6 Å². The molecule has 0 aromatic carbocycles. The first-order valence-corrected chi connectivity index (χ1v) is 5.73. The average Bonchev–Trinajstić information content (AvgIpc) is 2.14. The van der Waals surface area contributed by atoms with E-state index in [4.69, 9.17) is 0 Å². The molecular weight excluding hydrogens is 217 g/mol. The zero-order valence-electron chi connectivity index (χ0n) is 10.0. The molecule has 4 heteroatoms. The van der Waals surface area contributed by atoms with E-state index in [-0.39, 0.29) is 18.6 Å². The second-order valence-corrected chi connectivity index (χ2v) is 5.72. The third-order valence-corrected chi connectivity index (χ3v) is 3.25. The lowest BCUT2D eigenvalue weighted by Gasteiger charge is -2.32. The van der Waals surface area contributed by atoms with Gasteiger partial charge in [0.2, 0.25) is 0 Å². The Morgan fingerprint density at radius 1 is 1.12 bits per heavy atom. The smallest absolute Gasteiger partial charge is 0.299 e. The molecule has 2 unspecified atom stereocenters. The van der Waals surface area contributed by atoms with E-state index < -0.39 is 23.4 Å². The van der Waals surface area contributed by atoms with Crippen LogP contribution in [-0.4, -0.2) is 12.0 Å². The lowest BCUT2D eigenvalue weighted by atomic mass is 9.73. The van der Waals surface area contributed by atoms with Crippen LogP contribution in [0.15, 0.2) is 0 Å². The van der Waals surface area contributed by atoms with E-state index in [0.717, 1.165) is 0 Å². The van der Waals surface area contributed by atoms with Gasteiger partial charge in [-0.15, -0.1) is 0 Å². The average molecular weight is 236 g/mol. The molecule has 0 aromatic rings. The molecular formula is C12H19F3O. The molecule has 1 nitrogen and oxygen atoms in total. The van der Waals surface area contributed by atoms with Crippen LogP contribution in [0.1, 0.15) is 46.5 Å². The van der Waals surface area contributed by atoms with Gasteiger partial charge in [-0.05, 0) is 19.3 Å². The molecule has 1 saturated carbocycles. The number of rotatable bonds is 1. The molecule has 0 saturated heterocycles. The molecule has 0 radical (unpaired) electrons. The van der Waals surface area contributed by atoms with Gasteiger partial charge in [-0.3, -0.25) is 4.79 Å². The lowest BCUT2D eigenvalue weighted by molar-refractivity contribution is -0.186. The van der Waals surface area contributed by atoms with Crippen molar-refractivity contribution >= 4 is 5.78 Å². The fraction of sp³-hybridized carbons (Fsp3) is 0.917. The third-order valence-electron chi connectivity index (χ3n) is 3.25. The predicted octanol–water partition coefficient (Wildman–Crippen LogP) is 3.97.